The van der Waals surface area contributed by atoms with Gasteiger partial charge in [0.1, 0.15) is 0 Å². The van der Waals surface area contributed by atoms with Gasteiger partial charge in [-0.3, -0.25) is 0 Å². The van der Waals surface area contributed by atoms with Crippen molar-refractivity contribution in [2.24, 2.45) is 34.5 Å². The Bertz CT molecular complexity index is 540. The topological polar surface area (TPSA) is 40.5 Å². The van der Waals surface area contributed by atoms with Gasteiger partial charge in [-0.05, 0) is 85.9 Å². The van der Waals surface area contributed by atoms with Gasteiger partial charge >= 0.3 is 0 Å². The van der Waals surface area contributed by atoms with Gasteiger partial charge in [-0.2, -0.15) is 0 Å². The van der Waals surface area contributed by atoms with E-state index in [0.717, 1.165) is 37.5 Å². The normalized spacial score (nSPS) is 52.1. The van der Waals surface area contributed by atoms with Crippen LogP contribution in [0.25, 0.3) is 0 Å². The fourth-order valence-electron chi connectivity index (χ4n) is 7.49. The van der Waals surface area contributed by atoms with Crippen molar-refractivity contribution in [1.82, 2.24) is 0 Å². The van der Waals surface area contributed by atoms with E-state index in [1.807, 2.05) is 0 Å². The van der Waals surface area contributed by atoms with Crippen LogP contribution in [0.1, 0.15) is 85.0 Å². The van der Waals surface area contributed by atoms with E-state index in [0.29, 0.717) is 17.3 Å². The van der Waals surface area contributed by atoms with Gasteiger partial charge in [0.05, 0.1) is 12.2 Å². The van der Waals surface area contributed by atoms with Gasteiger partial charge in [0.2, 0.25) is 0 Å². The highest BCUT2D eigenvalue weighted by Gasteiger charge is 2.60. The van der Waals surface area contributed by atoms with Crippen molar-refractivity contribution in [3.05, 3.63) is 11.6 Å². The summed E-state index contributed by atoms with van der Waals surface area (Å²) >= 11 is 0. The smallest absolute Gasteiger partial charge is 0.0596 e. The Morgan fingerprint density at radius 3 is 2.60 bits per heavy atom. The van der Waals surface area contributed by atoms with E-state index in [1.54, 1.807) is 5.57 Å². The number of allylic oxidation sites excluding steroid dienone is 1. The molecule has 2 nitrogen and oxygen atoms in total. The summed E-state index contributed by atoms with van der Waals surface area (Å²) in [6.45, 7) is 7.19. The Labute approximate surface area is 154 Å². The van der Waals surface area contributed by atoms with Crippen LogP contribution in [-0.2, 0) is 0 Å². The molecule has 2 heteroatoms. The summed E-state index contributed by atoms with van der Waals surface area (Å²) in [4.78, 5) is 0. The molecule has 2 N–H and O–H groups in total. The molecule has 3 saturated carbocycles. The first-order valence-corrected chi connectivity index (χ1v) is 11.0. The van der Waals surface area contributed by atoms with E-state index in [2.05, 4.69) is 26.8 Å². The third-order valence-electron chi connectivity index (χ3n) is 9.09. The molecule has 4 aliphatic rings. The van der Waals surface area contributed by atoms with Crippen molar-refractivity contribution in [2.75, 3.05) is 0 Å². The van der Waals surface area contributed by atoms with Crippen LogP contribution in [0, 0.1) is 34.5 Å². The third kappa shape index (κ3) is 2.65. The molecule has 0 saturated heterocycles. The number of aliphatic hydroxyl groups is 2. The van der Waals surface area contributed by atoms with Crippen molar-refractivity contribution < 1.29 is 10.2 Å². The van der Waals surface area contributed by atoms with Gasteiger partial charge in [0.25, 0.3) is 0 Å². The molecule has 0 radical (unpaired) electrons. The fraction of sp³-hybridized carbons (Fsp3) is 0.913. The number of hydrogen-bond acceptors (Lipinski definition) is 2. The summed E-state index contributed by atoms with van der Waals surface area (Å²) in [5.41, 5.74) is 2.04. The van der Waals surface area contributed by atoms with E-state index < -0.39 is 0 Å². The van der Waals surface area contributed by atoms with Crippen molar-refractivity contribution in [1.29, 1.82) is 0 Å². The third-order valence-corrected chi connectivity index (χ3v) is 9.09. The zero-order valence-electron chi connectivity index (χ0n) is 16.5. The number of rotatable bonds is 3. The lowest BCUT2D eigenvalue weighted by molar-refractivity contribution is -0.0882. The Morgan fingerprint density at radius 1 is 1.04 bits per heavy atom. The highest BCUT2D eigenvalue weighted by Crippen LogP contribution is 2.66. The highest BCUT2D eigenvalue weighted by molar-refractivity contribution is 5.27. The van der Waals surface area contributed by atoms with E-state index >= 15 is 0 Å². The molecule has 0 aromatic heterocycles. The first-order valence-electron chi connectivity index (χ1n) is 11.0. The molecule has 0 aliphatic heterocycles. The second-order valence-corrected chi connectivity index (χ2v) is 10.2. The van der Waals surface area contributed by atoms with Crippen LogP contribution in [0.15, 0.2) is 11.6 Å². The Kier molecular flexibility index (Phi) is 4.60. The summed E-state index contributed by atoms with van der Waals surface area (Å²) in [6.07, 6.45) is 14.0. The van der Waals surface area contributed by atoms with Gasteiger partial charge in [0, 0.05) is 0 Å². The first kappa shape index (κ1) is 18.0. The maximum atomic E-state index is 10.7. The second-order valence-electron chi connectivity index (χ2n) is 10.2. The zero-order valence-corrected chi connectivity index (χ0v) is 16.5. The molecule has 3 unspecified atom stereocenters. The van der Waals surface area contributed by atoms with Crippen molar-refractivity contribution in [3.63, 3.8) is 0 Å². The molecule has 0 aromatic carbocycles. The number of aliphatic hydroxyl groups excluding tert-OH is 2. The predicted molar refractivity (Wildman–Crippen MR) is 102 cm³/mol. The lowest BCUT2D eigenvalue weighted by atomic mass is 9.45. The molecule has 0 amide bonds. The molecule has 4 rings (SSSR count). The number of fused-ring (bicyclic) bond motifs is 5. The van der Waals surface area contributed by atoms with Gasteiger partial charge < -0.3 is 10.2 Å². The summed E-state index contributed by atoms with van der Waals surface area (Å²) in [6, 6.07) is 0. The monoisotopic (exact) mass is 346 g/mol. The summed E-state index contributed by atoms with van der Waals surface area (Å²) < 4.78 is 0. The maximum Gasteiger partial charge on any atom is 0.0596 e. The Balaban J connectivity index is 1.73. The minimum Gasteiger partial charge on any atom is -0.393 e. The highest BCUT2D eigenvalue weighted by atomic mass is 16.3. The maximum absolute atomic E-state index is 10.7. The van der Waals surface area contributed by atoms with Crippen LogP contribution in [0.3, 0.4) is 0 Å². The molecule has 25 heavy (non-hydrogen) atoms. The molecule has 0 bridgehead atoms. The number of hydrogen-bond donors (Lipinski definition) is 2. The molecule has 3 fully saturated rings. The average Bonchev–Trinajstić information content (AvgIpc) is 2.89. The fourth-order valence-corrected chi connectivity index (χ4v) is 7.49. The van der Waals surface area contributed by atoms with Crippen LogP contribution < -0.4 is 0 Å². The van der Waals surface area contributed by atoms with E-state index in [-0.39, 0.29) is 17.6 Å². The van der Waals surface area contributed by atoms with Crippen LogP contribution in [0.5, 0.6) is 0 Å². The molecular weight excluding hydrogens is 308 g/mol. The SMILES string of the molecule is CCCCC1C=C2CC(O)CC[C@]2(C)[C@@H]2CC[C@]3(C)C(O)CC[C@H]3[C@H]12. The van der Waals surface area contributed by atoms with E-state index in [4.69, 9.17) is 0 Å². The molecule has 142 valence electrons. The molecule has 0 heterocycles. The van der Waals surface area contributed by atoms with Gasteiger partial charge in [0.15, 0.2) is 0 Å². The van der Waals surface area contributed by atoms with Gasteiger partial charge in [-0.15, -0.1) is 0 Å². The van der Waals surface area contributed by atoms with E-state index in [9.17, 15) is 10.2 Å². The van der Waals surface area contributed by atoms with Crippen molar-refractivity contribution in [3.8, 4) is 0 Å². The largest absolute Gasteiger partial charge is 0.393 e. The van der Waals surface area contributed by atoms with Crippen molar-refractivity contribution in [2.45, 2.75) is 97.2 Å². The Hall–Kier alpha value is -0.340. The minimum atomic E-state index is -0.121. The average molecular weight is 347 g/mol. The molecule has 4 aliphatic carbocycles. The first-order chi connectivity index (χ1) is 11.9. The zero-order chi connectivity index (χ0) is 17.8. The van der Waals surface area contributed by atoms with E-state index in [1.165, 1.54) is 38.5 Å². The van der Waals surface area contributed by atoms with Gasteiger partial charge in [-0.25, -0.2) is 0 Å². The minimum absolute atomic E-state index is 0.0864. The standard InChI is InChI=1S/C23H38O2/c1-4-5-6-15-13-16-14-17(24)9-11-22(16,2)19-10-12-23(3)18(21(15)19)7-8-20(23)25/h13,15,17-21,24-25H,4-12,14H2,1-3H3/t15?,17?,18-,19+,20?,21-,22-,23-/m0/s1. The second kappa shape index (κ2) is 6.37. The quantitative estimate of drug-likeness (QED) is 0.699. The molecule has 0 spiro atoms. The molecule has 0 aromatic rings. The summed E-state index contributed by atoms with van der Waals surface area (Å²) in [5.74, 6) is 2.90. The Morgan fingerprint density at radius 2 is 1.84 bits per heavy atom. The lowest BCUT2D eigenvalue weighted by Gasteiger charge is -2.59. The van der Waals surface area contributed by atoms with Crippen LogP contribution >= 0.6 is 0 Å². The van der Waals surface area contributed by atoms with Crippen LogP contribution in [0.4, 0.5) is 0 Å². The van der Waals surface area contributed by atoms with Gasteiger partial charge in [-0.1, -0.05) is 45.3 Å². The lowest BCUT2D eigenvalue weighted by Crippen LogP contribution is -2.53. The van der Waals surface area contributed by atoms with Crippen LogP contribution in [-0.4, -0.2) is 22.4 Å². The number of unbranched alkanes of at least 4 members (excludes halogenated alkanes) is 1. The summed E-state index contributed by atoms with van der Waals surface area (Å²) in [5, 5.41) is 21.0. The summed E-state index contributed by atoms with van der Waals surface area (Å²) in [7, 11) is 0. The molecule has 8 atom stereocenters. The predicted octanol–water partition coefficient (Wildman–Crippen LogP) is 5.09. The van der Waals surface area contributed by atoms with Crippen LogP contribution in [0.2, 0.25) is 0 Å². The molecular formula is C23H38O2. The van der Waals surface area contributed by atoms with Crippen molar-refractivity contribution >= 4 is 0 Å².